The molecule has 0 saturated carbocycles. The summed E-state index contributed by atoms with van der Waals surface area (Å²) in [5.74, 6) is 3.28. The topological polar surface area (TPSA) is 29.9 Å². The van der Waals surface area contributed by atoms with E-state index < -0.39 is 0 Å². The van der Waals surface area contributed by atoms with Gasteiger partial charge in [-0.15, -0.1) is 6.58 Å². The molecule has 0 unspecified atom stereocenters. The van der Waals surface area contributed by atoms with E-state index in [4.69, 9.17) is 4.98 Å². The number of aromatic nitrogens is 2. The first-order chi connectivity index (χ1) is 9.86. The SMILES string of the molecule is C=CCSCCNCc1nc2ccccc2n1CCC. The van der Waals surface area contributed by atoms with Crippen molar-refractivity contribution in [3.8, 4) is 0 Å². The first-order valence-electron chi connectivity index (χ1n) is 7.20. The van der Waals surface area contributed by atoms with E-state index in [1.165, 1.54) is 5.52 Å². The van der Waals surface area contributed by atoms with Gasteiger partial charge in [-0.05, 0) is 18.6 Å². The highest BCUT2D eigenvalue weighted by atomic mass is 32.2. The summed E-state index contributed by atoms with van der Waals surface area (Å²) in [6, 6.07) is 8.38. The molecule has 0 spiro atoms. The standard InChI is InChI=1S/C16H23N3S/c1-3-10-19-15-8-6-5-7-14(15)18-16(19)13-17-9-12-20-11-4-2/h4-8,17H,2-3,9-13H2,1H3. The van der Waals surface area contributed by atoms with Crippen LogP contribution in [0.25, 0.3) is 11.0 Å². The van der Waals surface area contributed by atoms with Crippen LogP contribution in [0.2, 0.25) is 0 Å². The van der Waals surface area contributed by atoms with E-state index >= 15 is 0 Å². The van der Waals surface area contributed by atoms with Crippen molar-refractivity contribution in [3.05, 3.63) is 42.7 Å². The summed E-state index contributed by atoms with van der Waals surface area (Å²) in [6.07, 6.45) is 3.08. The lowest BCUT2D eigenvalue weighted by molar-refractivity contribution is 0.611. The highest BCUT2D eigenvalue weighted by Gasteiger charge is 2.08. The predicted molar refractivity (Wildman–Crippen MR) is 89.3 cm³/mol. The van der Waals surface area contributed by atoms with E-state index in [0.29, 0.717) is 0 Å². The molecule has 2 aromatic rings. The van der Waals surface area contributed by atoms with Gasteiger partial charge in [0.15, 0.2) is 0 Å². The molecule has 0 fully saturated rings. The van der Waals surface area contributed by atoms with Crippen LogP contribution in [0.1, 0.15) is 19.2 Å². The van der Waals surface area contributed by atoms with Gasteiger partial charge in [0.1, 0.15) is 5.82 Å². The van der Waals surface area contributed by atoms with Gasteiger partial charge in [0.05, 0.1) is 17.6 Å². The van der Waals surface area contributed by atoms with Crippen molar-refractivity contribution in [1.29, 1.82) is 0 Å². The monoisotopic (exact) mass is 289 g/mol. The molecule has 0 amide bonds. The minimum absolute atomic E-state index is 0.837. The number of nitrogens with zero attached hydrogens (tertiary/aromatic N) is 2. The molecule has 0 atom stereocenters. The molecule has 2 rings (SSSR count). The van der Waals surface area contributed by atoms with Gasteiger partial charge < -0.3 is 9.88 Å². The Hall–Kier alpha value is -1.26. The fraction of sp³-hybridized carbons (Fsp3) is 0.438. The van der Waals surface area contributed by atoms with E-state index in [1.807, 2.05) is 17.8 Å². The van der Waals surface area contributed by atoms with E-state index in [2.05, 4.69) is 47.7 Å². The second-order valence-corrected chi connectivity index (χ2v) is 5.86. The van der Waals surface area contributed by atoms with E-state index in [-0.39, 0.29) is 0 Å². The third kappa shape index (κ3) is 3.87. The predicted octanol–water partition coefficient (Wildman–Crippen LogP) is 3.46. The molecule has 0 aliphatic rings. The van der Waals surface area contributed by atoms with E-state index in [0.717, 1.165) is 48.9 Å². The number of imidazole rings is 1. The van der Waals surface area contributed by atoms with Gasteiger partial charge in [-0.25, -0.2) is 4.98 Å². The number of fused-ring (bicyclic) bond motifs is 1. The van der Waals surface area contributed by atoms with Crippen molar-refractivity contribution < 1.29 is 0 Å². The summed E-state index contributed by atoms with van der Waals surface area (Å²) in [5, 5.41) is 3.48. The van der Waals surface area contributed by atoms with Crippen LogP contribution in [0.5, 0.6) is 0 Å². The number of para-hydroxylation sites is 2. The summed E-state index contributed by atoms with van der Waals surface area (Å²) in [5.41, 5.74) is 2.34. The average Bonchev–Trinajstić information content (AvgIpc) is 2.81. The van der Waals surface area contributed by atoms with Gasteiger partial charge in [-0.3, -0.25) is 0 Å². The molecular formula is C16H23N3S. The van der Waals surface area contributed by atoms with Crippen LogP contribution in [-0.4, -0.2) is 27.6 Å². The number of nitrogens with one attached hydrogen (secondary N) is 1. The summed E-state index contributed by atoms with van der Waals surface area (Å²) in [7, 11) is 0. The molecule has 0 radical (unpaired) electrons. The van der Waals surface area contributed by atoms with Gasteiger partial charge >= 0.3 is 0 Å². The Labute approximate surface area is 125 Å². The second kappa shape index (κ2) is 8.12. The fourth-order valence-corrected chi connectivity index (χ4v) is 2.87. The molecule has 0 saturated heterocycles. The highest BCUT2D eigenvalue weighted by Crippen LogP contribution is 2.16. The molecule has 1 aromatic heterocycles. The highest BCUT2D eigenvalue weighted by molar-refractivity contribution is 7.99. The largest absolute Gasteiger partial charge is 0.327 e. The number of thioether (sulfide) groups is 1. The normalized spacial score (nSPS) is 11.1. The summed E-state index contributed by atoms with van der Waals surface area (Å²) < 4.78 is 2.33. The van der Waals surface area contributed by atoms with Crippen LogP contribution in [0.3, 0.4) is 0 Å². The van der Waals surface area contributed by atoms with Crippen molar-refractivity contribution in [3.63, 3.8) is 0 Å². The quantitative estimate of drug-likeness (QED) is 0.566. The van der Waals surface area contributed by atoms with Crippen molar-refractivity contribution in [2.45, 2.75) is 26.4 Å². The molecule has 20 heavy (non-hydrogen) atoms. The van der Waals surface area contributed by atoms with Gasteiger partial charge in [0, 0.05) is 24.6 Å². The Morgan fingerprint density at radius 1 is 1.40 bits per heavy atom. The first-order valence-corrected chi connectivity index (χ1v) is 8.35. The molecule has 3 nitrogen and oxygen atoms in total. The van der Waals surface area contributed by atoms with Crippen LogP contribution >= 0.6 is 11.8 Å². The van der Waals surface area contributed by atoms with E-state index in [9.17, 15) is 0 Å². The Morgan fingerprint density at radius 2 is 2.25 bits per heavy atom. The van der Waals surface area contributed by atoms with Gasteiger partial charge in [-0.1, -0.05) is 25.1 Å². The van der Waals surface area contributed by atoms with Crippen molar-refractivity contribution in [2.75, 3.05) is 18.1 Å². The van der Waals surface area contributed by atoms with Crippen LogP contribution < -0.4 is 5.32 Å². The number of rotatable bonds is 9. The molecule has 0 aliphatic heterocycles. The third-order valence-corrected chi connectivity index (χ3v) is 4.09. The van der Waals surface area contributed by atoms with Crippen molar-refractivity contribution in [2.24, 2.45) is 0 Å². The minimum Gasteiger partial charge on any atom is -0.327 e. The number of hydrogen-bond acceptors (Lipinski definition) is 3. The van der Waals surface area contributed by atoms with Crippen LogP contribution in [-0.2, 0) is 13.1 Å². The minimum atomic E-state index is 0.837. The smallest absolute Gasteiger partial charge is 0.123 e. The maximum atomic E-state index is 4.74. The fourth-order valence-electron chi connectivity index (χ4n) is 2.24. The molecule has 1 heterocycles. The first kappa shape index (κ1) is 15.1. The van der Waals surface area contributed by atoms with E-state index in [1.54, 1.807) is 0 Å². The molecule has 0 aliphatic carbocycles. The molecule has 4 heteroatoms. The molecular weight excluding hydrogens is 266 g/mol. The zero-order chi connectivity index (χ0) is 14.2. The average molecular weight is 289 g/mol. The van der Waals surface area contributed by atoms with Crippen molar-refractivity contribution in [1.82, 2.24) is 14.9 Å². The second-order valence-electron chi connectivity index (χ2n) is 4.71. The maximum absolute atomic E-state index is 4.74. The Kier molecular flexibility index (Phi) is 6.15. The van der Waals surface area contributed by atoms with Crippen molar-refractivity contribution >= 4 is 22.8 Å². The lowest BCUT2D eigenvalue weighted by atomic mass is 10.3. The van der Waals surface area contributed by atoms with Gasteiger partial charge in [0.25, 0.3) is 0 Å². The number of hydrogen-bond donors (Lipinski definition) is 1. The van der Waals surface area contributed by atoms with Crippen LogP contribution in [0.15, 0.2) is 36.9 Å². The summed E-state index contributed by atoms with van der Waals surface area (Å²) >= 11 is 1.90. The Balaban J connectivity index is 1.97. The zero-order valence-corrected chi connectivity index (χ0v) is 13.0. The summed E-state index contributed by atoms with van der Waals surface area (Å²) in [4.78, 5) is 4.74. The Morgan fingerprint density at radius 3 is 3.05 bits per heavy atom. The zero-order valence-electron chi connectivity index (χ0n) is 12.1. The molecule has 0 bridgehead atoms. The molecule has 108 valence electrons. The number of aryl methyl sites for hydroxylation is 1. The van der Waals surface area contributed by atoms with Crippen LogP contribution in [0, 0.1) is 0 Å². The van der Waals surface area contributed by atoms with Crippen LogP contribution in [0.4, 0.5) is 0 Å². The molecule has 1 aromatic carbocycles. The maximum Gasteiger partial charge on any atom is 0.123 e. The molecule has 1 N–H and O–H groups in total. The number of benzene rings is 1. The lowest BCUT2D eigenvalue weighted by Crippen LogP contribution is -2.19. The lowest BCUT2D eigenvalue weighted by Gasteiger charge is -2.08. The third-order valence-electron chi connectivity index (χ3n) is 3.12. The Bertz CT molecular complexity index is 548. The summed E-state index contributed by atoms with van der Waals surface area (Å²) in [6.45, 7) is 8.81. The van der Waals surface area contributed by atoms with Gasteiger partial charge in [0.2, 0.25) is 0 Å². The van der Waals surface area contributed by atoms with Gasteiger partial charge in [-0.2, -0.15) is 11.8 Å².